The van der Waals surface area contributed by atoms with E-state index in [-0.39, 0.29) is 6.42 Å². The van der Waals surface area contributed by atoms with Gasteiger partial charge in [-0.15, -0.1) is 0 Å². The van der Waals surface area contributed by atoms with E-state index in [0.29, 0.717) is 12.3 Å². The van der Waals surface area contributed by atoms with Crippen molar-refractivity contribution >= 4 is 0 Å². The second kappa shape index (κ2) is 2.41. The van der Waals surface area contributed by atoms with Crippen LogP contribution in [0.4, 0.5) is 8.78 Å². The van der Waals surface area contributed by atoms with Crippen LogP contribution in [0.3, 0.4) is 0 Å². The lowest BCUT2D eigenvalue weighted by molar-refractivity contribution is 0.0825. The van der Waals surface area contributed by atoms with Crippen LogP contribution in [0, 0.1) is 5.92 Å². The van der Waals surface area contributed by atoms with Crippen LogP contribution in [0.15, 0.2) is 0 Å². The standard InChI is InChI=1S/C9H15F2N/c10-9(11)6-8(9,12)5-7-3-1-2-4-7/h7H,1-6,12H2. The highest BCUT2D eigenvalue weighted by atomic mass is 19.3. The lowest BCUT2D eigenvalue weighted by atomic mass is 9.97. The van der Waals surface area contributed by atoms with E-state index >= 15 is 0 Å². The first-order valence-electron chi connectivity index (χ1n) is 4.70. The summed E-state index contributed by atoms with van der Waals surface area (Å²) in [5.41, 5.74) is 4.43. The van der Waals surface area contributed by atoms with Gasteiger partial charge in [0.1, 0.15) is 0 Å². The summed E-state index contributed by atoms with van der Waals surface area (Å²) in [4.78, 5) is 0. The van der Waals surface area contributed by atoms with Crippen molar-refractivity contribution in [3.8, 4) is 0 Å². The molecule has 0 aromatic carbocycles. The molecule has 1 atom stereocenters. The summed E-state index contributed by atoms with van der Waals surface area (Å²) in [6, 6.07) is 0. The highest BCUT2D eigenvalue weighted by molar-refractivity contribution is 5.16. The van der Waals surface area contributed by atoms with Gasteiger partial charge in [-0.25, -0.2) is 8.78 Å². The molecule has 2 aliphatic carbocycles. The Morgan fingerprint density at radius 2 is 1.75 bits per heavy atom. The number of rotatable bonds is 2. The maximum Gasteiger partial charge on any atom is 0.267 e. The van der Waals surface area contributed by atoms with Crippen molar-refractivity contribution in [3.05, 3.63) is 0 Å². The monoisotopic (exact) mass is 175 g/mol. The molecule has 0 bridgehead atoms. The van der Waals surface area contributed by atoms with Gasteiger partial charge in [-0.05, 0) is 12.3 Å². The van der Waals surface area contributed by atoms with Crippen LogP contribution in [0.25, 0.3) is 0 Å². The smallest absolute Gasteiger partial charge is 0.267 e. The molecule has 1 nitrogen and oxygen atoms in total. The molecule has 1 unspecified atom stereocenters. The molecule has 0 aromatic heterocycles. The zero-order valence-electron chi connectivity index (χ0n) is 7.15. The Bertz CT molecular complexity index is 187. The molecule has 70 valence electrons. The SMILES string of the molecule is NC1(CC2CCCC2)CC1(F)F. The Morgan fingerprint density at radius 1 is 1.25 bits per heavy atom. The zero-order valence-corrected chi connectivity index (χ0v) is 7.15. The molecule has 0 aliphatic heterocycles. The van der Waals surface area contributed by atoms with Crippen molar-refractivity contribution in [2.75, 3.05) is 0 Å². The fourth-order valence-electron chi connectivity index (χ4n) is 2.30. The minimum absolute atomic E-state index is 0.0868. The van der Waals surface area contributed by atoms with Crippen LogP contribution in [-0.4, -0.2) is 11.5 Å². The average molecular weight is 175 g/mol. The molecule has 0 heterocycles. The molecular formula is C9H15F2N. The molecule has 2 fully saturated rings. The van der Waals surface area contributed by atoms with Gasteiger partial charge in [0.2, 0.25) is 0 Å². The molecule has 3 heteroatoms. The summed E-state index contributed by atoms with van der Waals surface area (Å²) in [5.74, 6) is -2.08. The quantitative estimate of drug-likeness (QED) is 0.684. The highest BCUT2D eigenvalue weighted by Gasteiger charge is 2.68. The highest BCUT2D eigenvalue weighted by Crippen LogP contribution is 2.55. The minimum Gasteiger partial charge on any atom is -0.320 e. The van der Waals surface area contributed by atoms with Gasteiger partial charge >= 0.3 is 0 Å². The predicted octanol–water partition coefficient (Wildman–Crippen LogP) is 2.30. The fourth-order valence-corrected chi connectivity index (χ4v) is 2.30. The maximum atomic E-state index is 12.7. The van der Waals surface area contributed by atoms with Crippen molar-refractivity contribution in [3.63, 3.8) is 0 Å². The summed E-state index contributed by atoms with van der Waals surface area (Å²) in [6.45, 7) is 0. The van der Waals surface area contributed by atoms with E-state index in [2.05, 4.69) is 0 Å². The van der Waals surface area contributed by atoms with E-state index in [1.165, 1.54) is 12.8 Å². The zero-order chi connectivity index (χ0) is 8.82. The Hall–Kier alpha value is -0.180. The Labute approximate surface area is 71.3 Å². The van der Waals surface area contributed by atoms with Crippen LogP contribution in [0.5, 0.6) is 0 Å². The number of nitrogens with two attached hydrogens (primary N) is 1. The number of hydrogen-bond donors (Lipinski definition) is 1. The molecule has 2 rings (SSSR count). The van der Waals surface area contributed by atoms with Crippen molar-refractivity contribution in [1.29, 1.82) is 0 Å². The van der Waals surface area contributed by atoms with Crippen LogP contribution in [0.1, 0.15) is 38.5 Å². The van der Waals surface area contributed by atoms with E-state index in [4.69, 9.17) is 5.73 Å². The van der Waals surface area contributed by atoms with E-state index in [1.54, 1.807) is 0 Å². The van der Waals surface area contributed by atoms with E-state index in [9.17, 15) is 8.78 Å². The van der Waals surface area contributed by atoms with Gasteiger partial charge in [-0.1, -0.05) is 25.7 Å². The molecular weight excluding hydrogens is 160 g/mol. The summed E-state index contributed by atoms with van der Waals surface area (Å²) in [6.07, 6.45) is 5.07. The molecule has 0 radical (unpaired) electrons. The van der Waals surface area contributed by atoms with Gasteiger partial charge in [0.05, 0.1) is 5.54 Å². The third-order valence-electron chi connectivity index (χ3n) is 3.27. The lowest BCUT2D eigenvalue weighted by Crippen LogP contribution is -2.32. The second-order valence-corrected chi connectivity index (χ2v) is 4.39. The first-order chi connectivity index (χ1) is 5.54. The first-order valence-corrected chi connectivity index (χ1v) is 4.70. The third kappa shape index (κ3) is 1.24. The van der Waals surface area contributed by atoms with Crippen molar-refractivity contribution in [1.82, 2.24) is 0 Å². The van der Waals surface area contributed by atoms with Crippen LogP contribution < -0.4 is 5.73 Å². The first kappa shape index (κ1) is 8.42. The van der Waals surface area contributed by atoms with E-state index < -0.39 is 11.5 Å². The molecule has 2 saturated carbocycles. The maximum absolute atomic E-state index is 12.7. The third-order valence-corrected chi connectivity index (χ3v) is 3.27. The van der Waals surface area contributed by atoms with E-state index in [1.807, 2.05) is 0 Å². The molecule has 0 spiro atoms. The van der Waals surface area contributed by atoms with Crippen molar-refractivity contribution in [2.24, 2.45) is 11.7 Å². The van der Waals surface area contributed by atoms with Gasteiger partial charge in [0.15, 0.2) is 0 Å². The van der Waals surface area contributed by atoms with Crippen LogP contribution in [-0.2, 0) is 0 Å². The fraction of sp³-hybridized carbons (Fsp3) is 1.00. The average Bonchev–Trinajstić information content (AvgIpc) is 2.36. The van der Waals surface area contributed by atoms with Crippen molar-refractivity contribution in [2.45, 2.75) is 50.0 Å². The molecule has 0 aromatic rings. The van der Waals surface area contributed by atoms with Crippen molar-refractivity contribution < 1.29 is 8.78 Å². The van der Waals surface area contributed by atoms with Gasteiger partial charge in [-0.3, -0.25) is 0 Å². The molecule has 2 aliphatic rings. The molecule has 12 heavy (non-hydrogen) atoms. The predicted molar refractivity (Wildman–Crippen MR) is 43.1 cm³/mol. The summed E-state index contributed by atoms with van der Waals surface area (Å²) < 4.78 is 25.4. The normalized spacial score (nSPS) is 40.2. The molecule has 2 N–H and O–H groups in total. The second-order valence-electron chi connectivity index (χ2n) is 4.39. The Balaban J connectivity index is 1.87. The van der Waals surface area contributed by atoms with Gasteiger partial charge in [-0.2, -0.15) is 0 Å². The van der Waals surface area contributed by atoms with Gasteiger partial charge in [0.25, 0.3) is 5.92 Å². The Kier molecular flexibility index (Phi) is 1.69. The Morgan fingerprint density at radius 3 is 2.17 bits per heavy atom. The van der Waals surface area contributed by atoms with Gasteiger partial charge in [0, 0.05) is 6.42 Å². The van der Waals surface area contributed by atoms with Crippen LogP contribution >= 0.6 is 0 Å². The number of hydrogen-bond acceptors (Lipinski definition) is 1. The lowest BCUT2D eigenvalue weighted by Gasteiger charge is -2.15. The topological polar surface area (TPSA) is 26.0 Å². The van der Waals surface area contributed by atoms with Gasteiger partial charge < -0.3 is 5.73 Å². The molecule has 0 amide bonds. The summed E-state index contributed by atoms with van der Waals surface area (Å²) >= 11 is 0. The number of halogens is 2. The number of alkyl halides is 2. The summed E-state index contributed by atoms with van der Waals surface area (Å²) in [7, 11) is 0. The van der Waals surface area contributed by atoms with Crippen LogP contribution in [0.2, 0.25) is 0 Å². The molecule has 0 saturated heterocycles. The summed E-state index contributed by atoms with van der Waals surface area (Å²) in [5, 5.41) is 0. The van der Waals surface area contributed by atoms with E-state index in [0.717, 1.165) is 12.8 Å². The largest absolute Gasteiger partial charge is 0.320 e. The minimum atomic E-state index is -2.56.